The van der Waals surface area contributed by atoms with Crippen LogP contribution in [0, 0.1) is 0 Å². The van der Waals surface area contributed by atoms with Gasteiger partial charge in [0.15, 0.2) is 0 Å². The van der Waals surface area contributed by atoms with Gasteiger partial charge in [0, 0.05) is 18.1 Å². The van der Waals surface area contributed by atoms with Crippen molar-refractivity contribution in [2.24, 2.45) is 5.73 Å². The van der Waals surface area contributed by atoms with E-state index in [1.54, 1.807) is 36.4 Å². The third kappa shape index (κ3) is 5.10. The average molecular weight is 381 g/mol. The number of carbonyl (C=O) groups is 5. The smallest absolute Gasteiger partial charge is 0.260 e. The fourth-order valence-electron chi connectivity index (χ4n) is 2.45. The lowest BCUT2D eigenvalue weighted by molar-refractivity contribution is -0.137. The van der Waals surface area contributed by atoms with Crippen LogP contribution in [0.2, 0.25) is 0 Å². The molecule has 28 heavy (non-hydrogen) atoms. The molecule has 2 rings (SSSR count). The van der Waals surface area contributed by atoms with Gasteiger partial charge in [0.2, 0.25) is 17.7 Å². The second-order valence-electron chi connectivity index (χ2n) is 5.89. The summed E-state index contributed by atoms with van der Waals surface area (Å²) in [5.41, 5.74) is 5.53. The first-order valence-corrected chi connectivity index (χ1v) is 8.36. The van der Waals surface area contributed by atoms with Gasteiger partial charge in [-0.25, -0.2) is 0 Å². The van der Waals surface area contributed by atoms with Gasteiger partial charge in [0.1, 0.15) is 13.1 Å². The Labute approximate surface area is 161 Å². The number of nitrogens with two attached hydrogens (primary N) is 1. The number of primary amides is 1. The second-order valence-corrected chi connectivity index (χ2v) is 5.89. The Morgan fingerprint density at radius 3 is 1.54 bits per heavy atom. The molecule has 0 bridgehead atoms. The molecule has 5 amide bonds. The quantitative estimate of drug-likeness (QED) is 0.795. The molecule has 0 saturated heterocycles. The van der Waals surface area contributed by atoms with E-state index in [-0.39, 0.29) is 11.1 Å². The molecule has 0 aliphatic heterocycles. The lowest BCUT2D eigenvalue weighted by Crippen LogP contribution is -2.49. The Kier molecular flexibility index (Phi) is 6.75. The fraction of sp³-hybridized carbons (Fsp3) is 0.150. The van der Waals surface area contributed by atoms with Crippen LogP contribution in [0.4, 0.5) is 0 Å². The molecule has 8 nitrogen and oxygen atoms in total. The summed E-state index contributed by atoms with van der Waals surface area (Å²) in [5.74, 6) is -3.91. The summed E-state index contributed by atoms with van der Waals surface area (Å²) in [7, 11) is 0. The molecule has 0 unspecified atom stereocenters. The Hall–Kier alpha value is -3.81. The van der Waals surface area contributed by atoms with Crippen molar-refractivity contribution >= 4 is 29.5 Å². The van der Waals surface area contributed by atoms with Gasteiger partial charge in [-0.05, 0) is 24.3 Å². The van der Waals surface area contributed by atoms with E-state index in [1.807, 2.05) is 0 Å². The second kappa shape index (κ2) is 9.22. The molecule has 0 heterocycles. The van der Waals surface area contributed by atoms with Crippen LogP contribution in [-0.4, -0.2) is 52.4 Å². The van der Waals surface area contributed by atoms with E-state index < -0.39 is 42.6 Å². The van der Waals surface area contributed by atoms with E-state index in [9.17, 15) is 24.0 Å². The summed E-state index contributed by atoms with van der Waals surface area (Å²) in [4.78, 5) is 62.5. The molecular formula is C20H19N3O5. The van der Waals surface area contributed by atoms with Crippen LogP contribution in [0.15, 0.2) is 60.7 Å². The van der Waals surface area contributed by atoms with Gasteiger partial charge in [-0.3, -0.25) is 33.8 Å². The van der Waals surface area contributed by atoms with Crippen LogP contribution in [0.5, 0.6) is 0 Å². The van der Waals surface area contributed by atoms with Crippen LogP contribution < -0.4 is 5.73 Å². The SMILES string of the molecule is CC(=O)N(CC(=O)N(CC(N)=O)C(=O)c1ccccc1)C(=O)c1ccccc1. The number of rotatable bonds is 6. The van der Waals surface area contributed by atoms with Gasteiger partial charge in [-0.1, -0.05) is 36.4 Å². The van der Waals surface area contributed by atoms with Crippen LogP contribution >= 0.6 is 0 Å². The first-order chi connectivity index (χ1) is 13.3. The van der Waals surface area contributed by atoms with E-state index in [2.05, 4.69) is 0 Å². The zero-order chi connectivity index (χ0) is 20.7. The monoisotopic (exact) mass is 381 g/mol. The van der Waals surface area contributed by atoms with Gasteiger partial charge < -0.3 is 5.73 Å². The molecule has 2 aromatic rings. The maximum Gasteiger partial charge on any atom is 0.260 e. The van der Waals surface area contributed by atoms with Crippen LogP contribution in [0.25, 0.3) is 0 Å². The first-order valence-electron chi connectivity index (χ1n) is 8.36. The molecule has 0 aliphatic rings. The maximum atomic E-state index is 12.7. The van der Waals surface area contributed by atoms with E-state index in [4.69, 9.17) is 5.73 Å². The van der Waals surface area contributed by atoms with E-state index in [0.717, 1.165) is 6.92 Å². The lowest BCUT2D eigenvalue weighted by Gasteiger charge is -2.24. The number of hydrogen-bond acceptors (Lipinski definition) is 5. The molecule has 2 aromatic carbocycles. The molecule has 0 aliphatic carbocycles. The first kappa shape index (κ1) is 20.5. The number of imide groups is 2. The highest BCUT2D eigenvalue weighted by atomic mass is 16.2. The average Bonchev–Trinajstić information content (AvgIpc) is 2.70. The number of hydrogen-bond donors (Lipinski definition) is 1. The topological polar surface area (TPSA) is 118 Å². The summed E-state index contributed by atoms with van der Waals surface area (Å²) in [6.45, 7) is -0.238. The minimum Gasteiger partial charge on any atom is -0.368 e. The summed E-state index contributed by atoms with van der Waals surface area (Å²) >= 11 is 0. The Balaban J connectivity index is 2.27. The van der Waals surface area contributed by atoms with Crippen molar-refractivity contribution < 1.29 is 24.0 Å². The molecule has 8 heteroatoms. The van der Waals surface area contributed by atoms with E-state index in [1.165, 1.54) is 24.3 Å². The normalized spacial score (nSPS) is 10.0. The largest absolute Gasteiger partial charge is 0.368 e. The minimum absolute atomic E-state index is 0.167. The summed E-state index contributed by atoms with van der Waals surface area (Å²) in [6.07, 6.45) is 0. The van der Waals surface area contributed by atoms with E-state index in [0.29, 0.717) is 9.80 Å². The van der Waals surface area contributed by atoms with Crippen molar-refractivity contribution in [3.8, 4) is 0 Å². The molecule has 144 valence electrons. The van der Waals surface area contributed by atoms with Crippen molar-refractivity contribution in [1.29, 1.82) is 0 Å². The number of amides is 5. The van der Waals surface area contributed by atoms with Crippen molar-refractivity contribution in [3.63, 3.8) is 0 Å². The predicted octanol–water partition coefficient (Wildman–Crippen LogP) is 0.830. The third-order valence-electron chi connectivity index (χ3n) is 3.82. The highest BCUT2D eigenvalue weighted by Crippen LogP contribution is 2.09. The third-order valence-corrected chi connectivity index (χ3v) is 3.82. The summed E-state index contributed by atoms with van der Waals surface area (Å²) in [6, 6.07) is 15.8. The molecule has 0 radical (unpaired) electrons. The number of nitrogens with zero attached hydrogens (tertiary/aromatic N) is 2. The predicted molar refractivity (Wildman–Crippen MR) is 99.8 cm³/mol. The summed E-state index contributed by atoms with van der Waals surface area (Å²) in [5, 5.41) is 0. The van der Waals surface area contributed by atoms with Crippen molar-refractivity contribution in [2.75, 3.05) is 13.1 Å². The van der Waals surface area contributed by atoms with Gasteiger partial charge in [-0.15, -0.1) is 0 Å². The molecule has 0 atom stereocenters. The molecule has 0 fully saturated rings. The number of benzene rings is 2. The van der Waals surface area contributed by atoms with Crippen molar-refractivity contribution in [3.05, 3.63) is 71.8 Å². The zero-order valence-corrected chi connectivity index (χ0v) is 15.2. The maximum absolute atomic E-state index is 12.7. The van der Waals surface area contributed by atoms with Gasteiger partial charge in [0.05, 0.1) is 0 Å². The van der Waals surface area contributed by atoms with Gasteiger partial charge in [0.25, 0.3) is 11.8 Å². The molecule has 0 aromatic heterocycles. The van der Waals surface area contributed by atoms with Crippen LogP contribution in [0.3, 0.4) is 0 Å². The van der Waals surface area contributed by atoms with Gasteiger partial charge >= 0.3 is 0 Å². The van der Waals surface area contributed by atoms with Crippen molar-refractivity contribution in [2.45, 2.75) is 6.92 Å². The highest BCUT2D eigenvalue weighted by molar-refractivity contribution is 6.10. The Morgan fingerprint density at radius 2 is 1.14 bits per heavy atom. The zero-order valence-electron chi connectivity index (χ0n) is 15.2. The minimum atomic E-state index is -0.901. The number of carbonyl (C=O) groups excluding carboxylic acids is 5. The highest BCUT2D eigenvalue weighted by Gasteiger charge is 2.29. The van der Waals surface area contributed by atoms with Crippen molar-refractivity contribution in [1.82, 2.24) is 9.80 Å². The van der Waals surface area contributed by atoms with Gasteiger partial charge in [-0.2, -0.15) is 0 Å². The fourth-order valence-corrected chi connectivity index (χ4v) is 2.45. The molecule has 2 N–H and O–H groups in total. The van der Waals surface area contributed by atoms with Crippen LogP contribution in [0.1, 0.15) is 27.6 Å². The standard InChI is InChI=1S/C20H19N3O5/c1-14(24)22(19(27)15-8-4-2-5-9-15)13-18(26)23(12-17(21)25)20(28)16-10-6-3-7-11-16/h2-11H,12-13H2,1H3,(H2,21,25). The van der Waals surface area contributed by atoms with Crippen LogP contribution in [-0.2, 0) is 14.4 Å². The summed E-state index contributed by atoms with van der Waals surface area (Å²) < 4.78 is 0. The lowest BCUT2D eigenvalue weighted by atomic mass is 10.2. The molecular weight excluding hydrogens is 362 g/mol. The van der Waals surface area contributed by atoms with E-state index >= 15 is 0 Å². The Bertz CT molecular complexity index is 897. The molecule has 0 saturated carbocycles. The molecule has 0 spiro atoms. The Morgan fingerprint density at radius 1 is 0.714 bits per heavy atom.